The van der Waals surface area contributed by atoms with Crippen molar-refractivity contribution in [3.05, 3.63) is 82.9 Å². The molecule has 0 radical (unpaired) electrons. The number of carbonyl (C=O) groups is 1. The van der Waals surface area contributed by atoms with Gasteiger partial charge in [0.15, 0.2) is 5.11 Å². The molecular weight excluding hydrogens is 466 g/mol. The molecule has 188 valence electrons. The molecule has 1 aliphatic carbocycles. The standard InChI is InChI=1S/C29H35N5OS/c1-19-9-8-10-22(17-19)31-26(35)14-16-33-28(27(32-29(33)36)25-13-6-7-15-30-25)24-18-20(2)34(21(24)3)23-11-4-5-12-23/h6-10,13,15,17-18,23,27-28H,4-5,11-12,14,16H2,1-3H3,(H,31,35)(H,32,36). The topological polar surface area (TPSA) is 62.2 Å². The number of thiocarbonyl (C=S) groups is 1. The molecule has 1 amide bonds. The lowest BCUT2D eigenvalue weighted by atomic mass is 9.96. The van der Waals surface area contributed by atoms with Gasteiger partial charge in [0.25, 0.3) is 0 Å². The zero-order valence-corrected chi connectivity index (χ0v) is 22.1. The summed E-state index contributed by atoms with van der Waals surface area (Å²) in [5.41, 5.74) is 6.76. The molecule has 3 heterocycles. The molecule has 5 rings (SSSR count). The Morgan fingerprint density at radius 3 is 2.64 bits per heavy atom. The highest BCUT2D eigenvalue weighted by atomic mass is 32.1. The monoisotopic (exact) mass is 501 g/mol. The van der Waals surface area contributed by atoms with E-state index in [0.717, 1.165) is 16.9 Å². The lowest BCUT2D eigenvalue weighted by Crippen LogP contribution is -2.33. The predicted molar refractivity (Wildman–Crippen MR) is 148 cm³/mol. The van der Waals surface area contributed by atoms with Crippen LogP contribution in [0.4, 0.5) is 5.69 Å². The van der Waals surface area contributed by atoms with E-state index in [-0.39, 0.29) is 18.0 Å². The van der Waals surface area contributed by atoms with Crippen molar-refractivity contribution in [3.8, 4) is 0 Å². The number of nitrogens with one attached hydrogen (secondary N) is 2. The molecule has 1 aliphatic heterocycles. The number of pyridine rings is 1. The minimum atomic E-state index is -0.0731. The van der Waals surface area contributed by atoms with Crippen LogP contribution in [-0.2, 0) is 4.79 Å². The number of amides is 1. The third-order valence-electron chi connectivity index (χ3n) is 7.61. The number of aryl methyl sites for hydroxylation is 2. The first-order chi connectivity index (χ1) is 17.4. The summed E-state index contributed by atoms with van der Waals surface area (Å²) in [6.07, 6.45) is 7.25. The van der Waals surface area contributed by atoms with Gasteiger partial charge in [-0.2, -0.15) is 0 Å². The lowest BCUT2D eigenvalue weighted by Gasteiger charge is -2.28. The van der Waals surface area contributed by atoms with Crippen molar-refractivity contribution in [2.75, 3.05) is 11.9 Å². The van der Waals surface area contributed by atoms with E-state index in [1.54, 1.807) is 0 Å². The van der Waals surface area contributed by atoms with Crippen molar-refractivity contribution in [2.45, 2.75) is 71.0 Å². The largest absolute Gasteiger partial charge is 0.352 e. The Morgan fingerprint density at radius 2 is 1.92 bits per heavy atom. The maximum absolute atomic E-state index is 12.9. The van der Waals surface area contributed by atoms with Crippen LogP contribution in [-0.4, -0.2) is 32.0 Å². The molecule has 2 fully saturated rings. The summed E-state index contributed by atoms with van der Waals surface area (Å²) in [6, 6.07) is 16.7. The van der Waals surface area contributed by atoms with Crippen LogP contribution in [0.3, 0.4) is 0 Å². The Bertz CT molecular complexity index is 1250. The van der Waals surface area contributed by atoms with E-state index in [9.17, 15) is 4.79 Å². The van der Waals surface area contributed by atoms with Gasteiger partial charge in [0.05, 0.1) is 17.8 Å². The summed E-state index contributed by atoms with van der Waals surface area (Å²) in [5, 5.41) is 7.24. The van der Waals surface area contributed by atoms with Crippen LogP contribution in [0.15, 0.2) is 54.7 Å². The quantitative estimate of drug-likeness (QED) is 0.393. The van der Waals surface area contributed by atoms with E-state index in [1.807, 2.05) is 49.5 Å². The van der Waals surface area contributed by atoms with Crippen molar-refractivity contribution < 1.29 is 4.79 Å². The summed E-state index contributed by atoms with van der Waals surface area (Å²) in [6.45, 7) is 7.00. The number of hydrogen-bond acceptors (Lipinski definition) is 3. The van der Waals surface area contributed by atoms with Gasteiger partial charge in [-0.3, -0.25) is 9.78 Å². The van der Waals surface area contributed by atoms with Crippen LogP contribution in [0, 0.1) is 20.8 Å². The van der Waals surface area contributed by atoms with Crippen molar-refractivity contribution in [1.82, 2.24) is 19.8 Å². The van der Waals surface area contributed by atoms with Crippen LogP contribution in [0.2, 0.25) is 0 Å². The summed E-state index contributed by atoms with van der Waals surface area (Å²) in [5.74, 6) is -0.0140. The van der Waals surface area contributed by atoms with Gasteiger partial charge in [-0.25, -0.2) is 0 Å². The minimum Gasteiger partial charge on any atom is -0.352 e. The molecule has 2 N–H and O–H groups in total. The number of anilines is 1. The molecule has 3 aromatic rings. The van der Waals surface area contributed by atoms with Gasteiger partial charge in [-0.1, -0.05) is 31.0 Å². The lowest BCUT2D eigenvalue weighted by molar-refractivity contribution is -0.116. The van der Waals surface area contributed by atoms with Crippen molar-refractivity contribution in [2.24, 2.45) is 0 Å². The zero-order valence-electron chi connectivity index (χ0n) is 21.3. The van der Waals surface area contributed by atoms with E-state index in [4.69, 9.17) is 12.2 Å². The van der Waals surface area contributed by atoms with E-state index in [2.05, 4.69) is 51.1 Å². The maximum Gasteiger partial charge on any atom is 0.226 e. The summed E-state index contributed by atoms with van der Waals surface area (Å²) in [4.78, 5) is 19.7. The summed E-state index contributed by atoms with van der Waals surface area (Å²) < 4.78 is 2.53. The third kappa shape index (κ3) is 4.89. The SMILES string of the molecule is Cc1cccc(NC(=O)CCN2C(=S)NC(c3ccccn3)C2c2cc(C)n(C3CCCC3)c2C)c1. The van der Waals surface area contributed by atoms with E-state index < -0.39 is 0 Å². The molecule has 2 unspecified atom stereocenters. The van der Waals surface area contributed by atoms with E-state index >= 15 is 0 Å². The van der Waals surface area contributed by atoms with Crippen LogP contribution in [0.5, 0.6) is 0 Å². The Hall–Kier alpha value is -3.19. The van der Waals surface area contributed by atoms with Gasteiger partial charge >= 0.3 is 0 Å². The molecule has 2 atom stereocenters. The molecular formula is C29H35N5OS. The number of nitrogens with zero attached hydrogens (tertiary/aromatic N) is 3. The molecule has 2 aromatic heterocycles. The van der Waals surface area contributed by atoms with Gasteiger partial charge in [-0.15, -0.1) is 0 Å². The number of carbonyl (C=O) groups excluding carboxylic acids is 1. The smallest absolute Gasteiger partial charge is 0.226 e. The number of hydrogen-bond donors (Lipinski definition) is 2. The Balaban J connectivity index is 1.42. The summed E-state index contributed by atoms with van der Waals surface area (Å²) >= 11 is 5.83. The number of rotatable bonds is 7. The molecule has 2 aliphatic rings. The second-order valence-electron chi connectivity index (χ2n) is 10.1. The fourth-order valence-electron chi connectivity index (χ4n) is 5.98. The number of benzene rings is 1. The summed E-state index contributed by atoms with van der Waals surface area (Å²) in [7, 11) is 0. The van der Waals surface area contributed by atoms with Crippen molar-refractivity contribution in [3.63, 3.8) is 0 Å². The average Bonchev–Trinajstić information content (AvgIpc) is 3.56. The molecule has 1 saturated carbocycles. The first kappa shape index (κ1) is 24.5. The highest BCUT2D eigenvalue weighted by molar-refractivity contribution is 7.80. The molecule has 1 saturated heterocycles. The van der Waals surface area contributed by atoms with Gasteiger partial charge in [0.1, 0.15) is 0 Å². The fourth-order valence-corrected chi connectivity index (χ4v) is 6.31. The van der Waals surface area contributed by atoms with Gasteiger partial charge in [-0.05, 0) is 87.3 Å². The first-order valence-corrected chi connectivity index (χ1v) is 13.4. The maximum atomic E-state index is 12.9. The predicted octanol–water partition coefficient (Wildman–Crippen LogP) is 5.92. The normalized spacial score (nSPS) is 20.1. The number of aromatic nitrogens is 2. The van der Waals surface area contributed by atoms with Crippen molar-refractivity contribution >= 4 is 28.9 Å². The van der Waals surface area contributed by atoms with E-state index in [1.165, 1.54) is 42.6 Å². The van der Waals surface area contributed by atoms with E-state index in [0.29, 0.717) is 24.1 Å². The zero-order chi connectivity index (χ0) is 25.2. The molecule has 1 aromatic carbocycles. The van der Waals surface area contributed by atoms with Gasteiger partial charge < -0.3 is 20.1 Å². The molecule has 7 heteroatoms. The second-order valence-corrected chi connectivity index (χ2v) is 10.5. The fraction of sp³-hybridized carbons (Fsp3) is 0.414. The average molecular weight is 502 g/mol. The third-order valence-corrected chi connectivity index (χ3v) is 7.96. The first-order valence-electron chi connectivity index (χ1n) is 13.0. The van der Waals surface area contributed by atoms with Crippen LogP contribution in [0.1, 0.15) is 78.4 Å². The molecule has 0 bridgehead atoms. The Labute approximate surface area is 219 Å². The minimum absolute atomic E-state index is 0.0140. The molecule has 0 spiro atoms. The van der Waals surface area contributed by atoms with Crippen LogP contribution in [0.25, 0.3) is 0 Å². The van der Waals surface area contributed by atoms with Crippen molar-refractivity contribution in [1.29, 1.82) is 0 Å². The van der Waals surface area contributed by atoms with Crippen LogP contribution >= 0.6 is 12.2 Å². The van der Waals surface area contributed by atoms with Crippen LogP contribution < -0.4 is 10.6 Å². The second kappa shape index (κ2) is 10.4. The highest BCUT2D eigenvalue weighted by Crippen LogP contribution is 2.43. The Morgan fingerprint density at radius 1 is 1.11 bits per heavy atom. The van der Waals surface area contributed by atoms with Gasteiger partial charge in [0, 0.05) is 42.3 Å². The Kier molecular flexibility index (Phi) is 7.10. The molecule has 6 nitrogen and oxygen atoms in total. The van der Waals surface area contributed by atoms with Gasteiger partial charge in [0.2, 0.25) is 5.91 Å². The molecule has 36 heavy (non-hydrogen) atoms. The highest BCUT2D eigenvalue weighted by Gasteiger charge is 2.41.